The minimum absolute atomic E-state index is 0.473. The van der Waals surface area contributed by atoms with Crippen LogP contribution in [0.4, 0.5) is 18.9 Å². The molecule has 5 heteroatoms. The Morgan fingerprint density at radius 1 is 0.947 bits per heavy atom. The van der Waals surface area contributed by atoms with Gasteiger partial charge in [-0.05, 0) is 45.8 Å². The van der Waals surface area contributed by atoms with Crippen molar-refractivity contribution < 1.29 is 13.2 Å². The summed E-state index contributed by atoms with van der Waals surface area (Å²) in [6.45, 7) is 0.473. The molecule has 0 atom stereocenters. The Bertz CT molecular complexity index is 549. The number of para-hydroxylation sites is 1. The normalized spacial score (nSPS) is 11.4. The maximum atomic E-state index is 12.4. The second kappa shape index (κ2) is 5.65. The van der Waals surface area contributed by atoms with E-state index in [-0.39, 0.29) is 0 Å². The summed E-state index contributed by atoms with van der Waals surface area (Å²) in [5, 5.41) is 3.16. The smallest absolute Gasteiger partial charge is 0.380 e. The van der Waals surface area contributed by atoms with Crippen LogP contribution in [0.15, 0.2) is 53.0 Å². The molecule has 2 aromatic rings. The van der Waals surface area contributed by atoms with Crippen molar-refractivity contribution in [3.05, 3.63) is 64.1 Å². The fraction of sp³-hybridized carbons (Fsp3) is 0.143. The van der Waals surface area contributed by atoms with Crippen molar-refractivity contribution in [1.82, 2.24) is 0 Å². The molecule has 2 aromatic carbocycles. The molecule has 0 saturated heterocycles. The maximum Gasteiger partial charge on any atom is 0.416 e. The molecule has 0 aliphatic heterocycles. The van der Waals surface area contributed by atoms with Gasteiger partial charge >= 0.3 is 6.18 Å². The molecule has 0 heterocycles. The van der Waals surface area contributed by atoms with Crippen molar-refractivity contribution in [3.8, 4) is 0 Å². The lowest BCUT2D eigenvalue weighted by Crippen LogP contribution is -2.05. The minimum atomic E-state index is -4.28. The Kier molecular flexibility index (Phi) is 4.14. The quantitative estimate of drug-likeness (QED) is 0.827. The number of hydrogen-bond acceptors (Lipinski definition) is 1. The van der Waals surface area contributed by atoms with Gasteiger partial charge in [-0.15, -0.1) is 0 Å². The molecule has 0 unspecified atom stereocenters. The molecule has 0 amide bonds. The van der Waals surface area contributed by atoms with Crippen LogP contribution in [0, 0.1) is 0 Å². The molecule has 0 bridgehead atoms. The minimum Gasteiger partial charge on any atom is -0.380 e. The molecule has 0 aliphatic rings. The van der Waals surface area contributed by atoms with Gasteiger partial charge in [0.15, 0.2) is 0 Å². The maximum absolute atomic E-state index is 12.4. The highest BCUT2D eigenvalue weighted by atomic mass is 79.9. The summed E-state index contributed by atoms with van der Waals surface area (Å²) in [5.74, 6) is 0. The molecular weight excluding hydrogens is 319 g/mol. The summed E-state index contributed by atoms with van der Waals surface area (Å²) in [5.41, 5.74) is 1.07. The third-order valence-electron chi connectivity index (χ3n) is 2.64. The second-order valence-electron chi connectivity index (χ2n) is 4.03. The number of nitrogens with one attached hydrogen (secondary N) is 1. The predicted molar refractivity (Wildman–Crippen MR) is 72.9 cm³/mol. The first-order valence-corrected chi connectivity index (χ1v) is 6.40. The third kappa shape index (κ3) is 3.73. The van der Waals surface area contributed by atoms with Crippen molar-refractivity contribution >= 4 is 21.6 Å². The van der Waals surface area contributed by atoms with Gasteiger partial charge in [-0.25, -0.2) is 0 Å². The van der Waals surface area contributed by atoms with E-state index in [0.717, 1.165) is 27.9 Å². The van der Waals surface area contributed by atoms with E-state index in [1.807, 2.05) is 24.3 Å². The Labute approximate surface area is 117 Å². The molecule has 0 aromatic heterocycles. The van der Waals surface area contributed by atoms with Gasteiger partial charge in [0.25, 0.3) is 0 Å². The molecule has 0 radical (unpaired) electrons. The summed E-state index contributed by atoms with van der Waals surface area (Å²) in [7, 11) is 0. The van der Waals surface area contributed by atoms with E-state index in [1.165, 1.54) is 12.1 Å². The fourth-order valence-corrected chi connectivity index (χ4v) is 2.04. The number of anilines is 1. The molecule has 1 N–H and O–H groups in total. The van der Waals surface area contributed by atoms with Gasteiger partial charge < -0.3 is 5.32 Å². The number of alkyl halides is 3. The van der Waals surface area contributed by atoms with E-state index < -0.39 is 11.7 Å². The van der Waals surface area contributed by atoms with Crippen LogP contribution in [0.5, 0.6) is 0 Å². The van der Waals surface area contributed by atoms with Gasteiger partial charge in [-0.3, -0.25) is 0 Å². The molecule has 1 nitrogen and oxygen atoms in total. The van der Waals surface area contributed by atoms with Crippen molar-refractivity contribution in [1.29, 1.82) is 0 Å². The highest BCUT2D eigenvalue weighted by Crippen LogP contribution is 2.29. The molecule has 0 aliphatic carbocycles. The summed E-state index contributed by atoms with van der Waals surface area (Å²) >= 11 is 3.40. The standard InChI is InChI=1S/C14H11BrF3N/c15-12-3-1-2-4-13(12)19-9-10-5-7-11(8-6-10)14(16,17)18/h1-8,19H,9H2. The first-order valence-electron chi connectivity index (χ1n) is 5.61. The highest BCUT2D eigenvalue weighted by molar-refractivity contribution is 9.10. The van der Waals surface area contributed by atoms with E-state index in [2.05, 4.69) is 21.2 Å². The van der Waals surface area contributed by atoms with Crippen LogP contribution in [0.3, 0.4) is 0 Å². The van der Waals surface area contributed by atoms with Gasteiger partial charge in [-0.2, -0.15) is 13.2 Å². The largest absolute Gasteiger partial charge is 0.416 e. The Balaban J connectivity index is 2.03. The average Bonchev–Trinajstić information content (AvgIpc) is 2.37. The van der Waals surface area contributed by atoms with Gasteiger partial charge in [0.05, 0.1) is 5.56 Å². The second-order valence-corrected chi connectivity index (χ2v) is 4.88. The van der Waals surface area contributed by atoms with E-state index >= 15 is 0 Å². The van der Waals surface area contributed by atoms with Crippen LogP contribution in [0.2, 0.25) is 0 Å². The first-order chi connectivity index (χ1) is 8.97. The van der Waals surface area contributed by atoms with Gasteiger partial charge in [-0.1, -0.05) is 24.3 Å². The van der Waals surface area contributed by atoms with E-state index in [1.54, 1.807) is 0 Å². The molecular formula is C14H11BrF3N. The van der Waals surface area contributed by atoms with Crippen molar-refractivity contribution in [3.63, 3.8) is 0 Å². The molecule has 0 fully saturated rings. The monoisotopic (exact) mass is 329 g/mol. The van der Waals surface area contributed by atoms with Crippen molar-refractivity contribution in [2.24, 2.45) is 0 Å². The van der Waals surface area contributed by atoms with Crippen LogP contribution in [-0.4, -0.2) is 0 Å². The van der Waals surface area contributed by atoms with Gasteiger partial charge in [0, 0.05) is 16.7 Å². The fourth-order valence-electron chi connectivity index (χ4n) is 1.61. The number of hydrogen-bond donors (Lipinski definition) is 1. The highest BCUT2D eigenvalue weighted by Gasteiger charge is 2.29. The SMILES string of the molecule is FC(F)(F)c1ccc(CNc2ccccc2Br)cc1. The zero-order valence-electron chi connectivity index (χ0n) is 9.84. The Morgan fingerprint density at radius 2 is 1.58 bits per heavy atom. The molecule has 19 heavy (non-hydrogen) atoms. The molecule has 2 rings (SSSR count). The first kappa shape index (κ1) is 13.9. The van der Waals surface area contributed by atoms with E-state index in [4.69, 9.17) is 0 Å². The lowest BCUT2D eigenvalue weighted by molar-refractivity contribution is -0.137. The van der Waals surface area contributed by atoms with E-state index in [0.29, 0.717) is 6.54 Å². The van der Waals surface area contributed by atoms with Crippen LogP contribution in [-0.2, 0) is 12.7 Å². The van der Waals surface area contributed by atoms with Gasteiger partial charge in [0.2, 0.25) is 0 Å². The number of benzene rings is 2. The zero-order chi connectivity index (χ0) is 13.9. The summed E-state index contributed by atoms with van der Waals surface area (Å²) in [4.78, 5) is 0. The Morgan fingerprint density at radius 3 is 2.16 bits per heavy atom. The average molecular weight is 330 g/mol. The summed E-state index contributed by atoms with van der Waals surface area (Å²) in [6.07, 6.45) is -4.28. The van der Waals surface area contributed by atoms with Crippen LogP contribution in [0.25, 0.3) is 0 Å². The molecule has 100 valence electrons. The van der Waals surface area contributed by atoms with Crippen LogP contribution >= 0.6 is 15.9 Å². The molecule has 0 spiro atoms. The number of rotatable bonds is 3. The zero-order valence-corrected chi connectivity index (χ0v) is 11.4. The third-order valence-corrected chi connectivity index (χ3v) is 3.33. The van der Waals surface area contributed by atoms with Crippen LogP contribution < -0.4 is 5.32 Å². The predicted octanol–water partition coefficient (Wildman–Crippen LogP) is 5.08. The lowest BCUT2D eigenvalue weighted by atomic mass is 10.1. The summed E-state index contributed by atoms with van der Waals surface area (Å²) in [6, 6.07) is 12.7. The Hall–Kier alpha value is -1.49. The summed E-state index contributed by atoms with van der Waals surface area (Å²) < 4.78 is 38.1. The van der Waals surface area contributed by atoms with E-state index in [9.17, 15) is 13.2 Å². The number of halogens is 4. The van der Waals surface area contributed by atoms with Crippen molar-refractivity contribution in [2.75, 3.05) is 5.32 Å². The van der Waals surface area contributed by atoms with Gasteiger partial charge in [0.1, 0.15) is 0 Å². The topological polar surface area (TPSA) is 12.0 Å². The lowest BCUT2D eigenvalue weighted by Gasteiger charge is -2.10. The van der Waals surface area contributed by atoms with Crippen molar-refractivity contribution in [2.45, 2.75) is 12.7 Å². The van der Waals surface area contributed by atoms with Crippen LogP contribution in [0.1, 0.15) is 11.1 Å². The molecule has 0 saturated carbocycles.